The molecule has 0 amide bonds. The van der Waals surface area contributed by atoms with E-state index in [0.29, 0.717) is 0 Å². The second kappa shape index (κ2) is 3.25. The zero-order valence-electron chi connectivity index (χ0n) is 9.60. The quantitative estimate of drug-likeness (QED) is 0.724. The summed E-state index contributed by atoms with van der Waals surface area (Å²) in [6.07, 6.45) is -0.936. The minimum Gasteiger partial charge on any atom is -0.269 e. The summed E-state index contributed by atoms with van der Waals surface area (Å²) in [5.74, 6) is 0. The molecule has 2 nitrogen and oxygen atoms in total. The second-order valence-electron chi connectivity index (χ2n) is 5.35. The topological polar surface area (TPSA) is 17.8 Å². The van der Waals surface area contributed by atoms with E-state index in [1.165, 1.54) is 4.68 Å². The molecule has 2 rings (SSSR count). The predicted octanol–water partition coefficient (Wildman–Crippen LogP) is 3.53. The lowest BCUT2D eigenvalue weighted by Gasteiger charge is -2.18. The standard InChI is InChI=1S/C11H15F3N2/c1-10(2,3)8-6-16(7-4-5-7)15-9(8)11(12,13)14/h6-7H,4-5H2,1-3H3. The van der Waals surface area contributed by atoms with E-state index in [4.69, 9.17) is 0 Å². The lowest BCUT2D eigenvalue weighted by atomic mass is 9.87. The van der Waals surface area contributed by atoms with E-state index >= 15 is 0 Å². The minimum atomic E-state index is -4.36. The highest BCUT2D eigenvalue weighted by atomic mass is 19.4. The SMILES string of the molecule is CC(C)(C)c1cn(C2CC2)nc1C(F)(F)F. The molecule has 1 fully saturated rings. The van der Waals surface area contributed by atoms with Gasteiger partial charge in [0.15, 0.2) is 5.69 Å². The van der Waals surface area contributed by atoms with Crippen molar-refractivity contribution in [3.05, 3.63) is 17.5 Å². The summed E-state index contributed by atoms with van der Waals surface area (Å²) in [7, 11) is 0. The molecular formula is C11H15F3N2. The lowest BCUT2D eigenvalue weighted by Crippen LogP contribution is -2.18. The molecule has 0 bridgehead atoms. The highest BCUT2D eigenvalue weighted by Crippen LogP contribution is 2.40. The molecule has 0 spiro atoms. The number of halogens is 3. The monoisotopic (exact) mass is 232 g/mol. The van der Waals surface area contributed by atoms with Gasteiger partial charge in [-0.1, -0.05) is 20.8 Å². The molecule has 0 atom stereocenters. The van der Waals surface area contributed by atoms with Crippen molar-refractivity contribution in [1.82, 2.24) is 9.78 Å². The lowest BCUT2D eigenvalue weighted by molar-refractivity contribution is -0.142. The Morgan fingerprint density at radius 1 is 1.25 bits per heavy atom. The molecule has 0 unspecified atom stereocenters. The van der Waals surface area contributed by atoms with E-state index in [9.17, 15) is 13.2 Å². The van der Waals surface area contributed by atoms with Gasteiger partial charge in [0.1, 0.15) is 0 Å². The number of hydrogen-bond donors (Lipinski definition) is 0. The van der Waals surface area contributed by atoms with Crippen molar-refractivity contribution in [2.24, 2.45) is 0 Å². The van der Waals surface area contributed by atoms with Crippen molar-refractivity contribution in [3.8, 4) is 0 Å². The van der Waals surface area contributed by atoms with Gasteiger partial charge in [-0.2, -0.15) is 18.3 Å². The summed E-state index contributed by atoms with van der Waals surface area (Å²) in [6, 6.07) is 0.178. The first kappa shape index (κ1) is 11.5. The van der Waals surface area contributed by atoms with Crippen molar-refractivity contribution in [3.63, 3.8) is 0 Å². The fourth-order valence-corrected chi connectivity index (χ4v) is 1.68. The smallest absolute Gasteiger partial charge is 0.269 e. The Morgan fingerprint density at radius 2 is 1.81 bits per heavy atom. The van der Waals surface area contributed by atoms with E-state index in [0.717, 1.165) is 12.8 Å². The highest BCUT2D eigenvalue weighted by Gasteiger charge is 2.41. The summed E-state index contributed by atoms with van der Waals surface area (Å²) in [5, 5.41) is 3.70. The highest BCUT2D eigenvalue weighted by molar-refractivity contribution is 5.28. The first-order valence-electron chi connectivity index (χ1n) is 5.36. The van der Waals surface area contributed by atoms with Gasteiger partial charge in [-0.25, -0.2) is 0 Å². The van der Waals surface area contributed by atoms with Gasteiger partial charge in [0.25, 0.3) is 0 Å². The molecule has 90 valence electrons. The molecule has 0 N–H and O–H groups in total. The Balaban J connectivity index is 2.48. The van der Waals surface area contributed by atoms with Crippen LogP contribution in [-0.2, 0) is 11.6 Å². The third-order valence-corrected chi connectivity index (χ3v) is 2.73. The minimum absolute atomic E-state index is 0.178. The maximum Gasteiger partial charge on any atom is 0.435 e. The third kappa shape index (κ3) is 2.08. The molecule has 1 saturated carbocycles. The van der Waals surface area contributed by atoms with Crippen LogP contribution in [0.3, 0.4) is 0 Å². The van der Waals surface area contributed by atoms with E-state index in [1.54, 1.807) is 27.0 Å². The Kier molecular flexibility index (Phi) is 2.33. The van der Waals surface area contributed by atoms with Crippen LogP contribution in [0.1, 0.15) is 50.9 Å². The number of rotatable bonds is 1. The summed E-state index contributed by atoms with van der Waals surface area (Å²) >= 11 is 0. The van der Waals surface area contributed by atoms with Crippen LogP contribution in [0, 0.1) is 0 Å². The van der Waals surface area contributed by atoms with Gasteiger partial charge >= 0.3 is 6.18 Å². The van der Waals surface area contributed by atoms with E-state index in [-0.39, 0.29) is 11.6 Å². The van der Waals surface area contributed by atoms with Crippen LogP contribution in [0.25, 0.3) is 0 Å². The molecule has 0 saturated heterocycles. The van der Waals surface area contributed by atoms with Gasteiger partial charge in [-0.3, -0.25) is 4.68 Å². The maximum absolute atomic E-state index is 12.8. The zero-order chi connectivity index (χ0) is 12.1. The Hall–Kier alpha value is -1.00. The number of aromatic nitrogens is 2. The van der Waals surface area contributed by atoms with Crippen LogP contribution < -0.4 is 0 Å². The second-order valence-corrected chi connectivity index (χ2v) is 5.35. The van der Waals surface area contributed by atoms with Gasteiger partial charge in [0.2, 0.25) is 0 Å². The average molecular weight is 232 g/mol. The molecule has 1 aromatic heterocycles. The number of alkyl halides is 3. The van der Waals surface area contributed by atoms with E-state index < -0.39 is 17.3 Å². The Bertz CT molecular complexity index is 363. The van der Waals surface area contributed by atoms with Gasteiger partial charge in [-0.05, 0) is 18.3 Å². The van der Waals surface area contributed by atoms with Gasteiger partial charge in [0.05, 0.1) is 6.04 Å². The fourth-order valence-electron chi connectivity index (χ4n) is 1.68. The fraction of sp³-hybridized carbons (Fsp3) is 0.727. The van der Waals surface area contributed by atoms with Crippen LogP contribution in [0.4, 0.5) is 13.2 Å². The van der Waals surface area contributed by atoms with E-state index in [1.807, 2.05) is 0 Å². The van der Waals surface area contributed by atoms with Gasteiger partial charge in [-0.15, -0.1) is 0 Å². The van der Waals surface area contributed by atoms with Crippen molar-refractivity contribution >= 4 is 0 Å². The number of hydrogen-bond acceptors (Lipinski definition) is 1. The molecule has 1 heterocycles. The number of nitrogens with zero attached hydrogens (tertiary/aromatic N) is 2. The van der Waals surface area contributed by atoms with Crippen LogP contribution in [0.15, 0.2) is 6.20 Å². The van der Waals surface area contributed by atoms with Crippen LogP contribution in [0.2, 0.25) is 0 Å². The molecular weight excluding hydrogens is 217 g/mol. The Labute approximate surface area is 92.4 Å². The summed E-state index contributed by atoms with van der Waals surface area (Å²) in [5.41, 5.74) is -0.975. The van der Waals surface area contributed by atoms with Gasteiger partial charge in [0, 0.05) is 11.8 Å². The van der Waals surface area contributed by atoms with Crippen molar-refractivity contribution in [2.75, 3.05) is 0 Å². The molecule has 1 aliphatic rings. The summed E-state index contributed by atoms with van der Waals surface area (Å²) < 4.78 is 39.9. The van der Waals surface area contributed by atoms with Crippen LogP contribution in [0.5, 0.6) is 0 Å². The van der Waals surface area contributed by atoms with Crippen molar-refractivity contribution < 1.29 is 13.2 Å². The maximum atomic E-state index is 12.8. The molecule has 5 heteroatoms. The largest absolute Gasteiger partial charge is 0.435 e. The first-order valence-corrected chi connectivity index (χ1v) is 5.36. The average Bonchev–Trinajstić information content (AvgIpc) is 2.80. The molecule has 1 aromatic rings. The van der Waals surface area contributed by atoms with Crippen LogP contribution in [-0.4, -0.2) is 9.78 Å². The molecule has 0 aromatic carbocycles. The molecule has 1 aliphatic carbocycles. The summed E-state index contributed by atoms with van der Waals surface area (Å²) in [4.78, 5) is 0. The zero-order valence-corrected chi connectivity index (χ0v) is 9.60. The Morgan fingerprint density at radius 3 is 2.12 bits per heavy atom. The normalized spacial score (nSPS) is 17.9. The van der Waals surface area contributed by atoms with Crippen molar-refractivity contribution in [2.45, 2.75) is 51.2 Å². The third-order valence-electron chi connectivity index (χ3n) is 2.73. The summed E-state index contributed by atoms with van der Waals surface area (Å²) in [6.45, 7) is 5.32. The molecule has 0 radical (unpaired) electrons. The predicted molar refractivity (Wildman–Crippen MR) is 54.2 cm³/mol. The van der Waals surface area contributed by atoms with Gasteiger partial charge < -0.3 is 0 Å². The van der Waals surface area contributed by atoms with E-state index in [2.05, 4.69) is 5.10 Å². The van der Waals surface area contributed by atoms with Crippen LogP contribution >= 0.6 is 0 Å². The van der Waals surface area contributed by atoms with Crippen molar-refractivity contribution in [1.29, 1.82) is 0 Å². The molecule has 0 aliphatic heterocycles. The molecule has 16 heavy (non-hydrogen) atoms. The first-order chi connectivity index (χ1) is 7.19.